The third kappa shape index (κ3) is 4.95. The van der Waals surface area contributed by atoms with E-state index in [0.717, 1.165) is 63.0 Å². The molecule has 0 aromatic carbocycles. The second kappa shape index (κ2) is 10.5. The van der Waals surface area contributed by atoms with Gasteiger partial charge in [-0.1, -0.05) is 47.0 Å². The summed E-state index contributed by atoms with van der Waals surface area (Å²) in [4.78, 5) is 30.1. The number of hydrogen-bond donors (Lipinski definition) is 0. The zero-order valence-electron chi connectivity index (χ0n) is 20.5. The number of piperazine rings is 1. The largest absolute Gasteiger partial charge is 0.352 e. The van der Waals surface area contributed by atoms with Crippen LogP contribution in [-0.2, 0) is 17.6 Å². The average Bonchev–Trinajstić information content (AvgIpc) is 3.18. The smallest absolute Gasteiger partial charge is 0.222 e. The Labute approximate surface area is 197 Å². The lowest BCUT2D eigenvalue weighted by Crippen LogP contribution is -2.49. The van der Waals surface area contributed by atoms with Gasteiger partial charge < -0.3 is 9.80 Å². The van der Waals surface area contributed by atoms with E-state index >= 15 is 0 Å². The number of unbranched alkanes of at least 4 members (excludes halogenated alkanes) is 3. The Morgan fingerprint density at radius 2 is 1.91 bits per heavy atom. The highest BCUT2D eigenvalue weighted by Gasteiger charge is 2.29. The molecule has 1 aliphatic carbocycles. The van der Waals surface area contributed by atoms with Crippen LogP contribution >= 0.6 is 11.3 Å². The summed E-state index contributed by atoms with van der Waals surface area (Å²) in [5, 5.41) is 1.31. The molecule has 0 radical (unpaired) electrons. The number of carbonyl (C=O) groups is 1. The predicted octanol–water partition coefficient (Wildman–Crippen LogP) is 5.95. The lowest BCUT2D eigenvalue weighted by atomic mass is 9.89. The summed E-state index contributed by atoms with van der Waals surface area (Å²) in [6, 6.07) is 0. The summed E-state index contributed by atoms with van der Waals surface area (Å²) >= 11 is 1.90. The minimum atomic E-state index is 0.329. The summed E-state index contributed by atoms with van der Waals surface area (Å²) in [6.07, 6.45) is 9.96. The first-order chi connectivity index (χ1) is 15.5. The van der Waals surface area contributed by atoms with Gasteiger partial charge in [0, 0.05) is 43.4 Å². The van der Waals surface area contributed by atoms with E-state index in [2.05, 4.69) is 37.5 Å². The van der Waals surface area contributed by atoms with E-state index in [-0.39, 0.29) is 0 Å². The number of fused-ring (bicyclic) bond motifs is 3. The van der Waals surface area contributed by atoms with Crippen molar-refractivity contribution in [2.45, 2.75) is 91.4 Å². The Balaban J connectivity index is 1.55. The summed E-state index contributed by atoms with van der Waals surface area (Å²) < 4.78 is 0. The van der Waals surface area contributed by atoms with Crippen LogP contribution in [0, 0.1) is 5.92 Å². The molecule has 2 aliphatic rings. The number of anilines is 1. The summed E-state index contributed by atoms with van der Waals surface area (Å²) in [5.74, 6) is 3.56. The molecule has 1 aliphatic heterocycles. The van der Waals surface area contributed by atoms with Crippen LogP contribution in [0.5, 0.6) is 0 Å². The molecule has 176 valence electrons. The number of carbonyl (C=O) groups excluding carboxylic acids is 1. The lowest BCUT2D eigenvalue weighted by Gasteiger charge is -2.36. The fraction of sp³-hybridized carbons (Fsp3) is 0.731. The maximum Gasteiger partial charge on any atom is 0.222 e. The van der Waals surface area contributed by atoms with Crippen molar-refractivity contribution < 1.29 is 4.79 Å². The van der Waals surface area contributed by atoms with Crippen molar-refractivity contribution in [1.82, 2.24) is 14.9 Å². The van der Waals surface area contributed by atoms with E-state index in [1.165, 1.54) is 52.8 Å². The molecular weight excluding hydrogens is 416 g/mol. The van der Waals surface area contributed by atoms with Crippen LogP contribution in [0.1, 0.15) is 94.8 Å². The molecule has 1 saturated heterocycles. The Kier molecular flexibility index (Phi) is 7.70. The number of rotatable bonds is 8. The summed E-state index contributed by atoms with van der Waals surface area (Å²) in [5.41, 5.74) is 1.50. The van der Waals surface area contributed by atoms with E-state index < -0.39 is 0 Å². The molecule has 0 bridgehead atoms. The van der Waals surface area contributed by atoms with Crippen LogP contribution in [-0.4, -0.2) is 47.0 Å². The monoisotopic (exact) mass is 456 g/mol. The molecule has 0 spiro atoms. The molecule has 2 aromatic heterocycles. The fourth-order valence-corrected chi connectivity index (χ4v) is 6.38. The normalized spacial score (nSPS) is 19.9. The van der Waals surface area contributed by atoms with Crippen LogP contribution < -0.4 is 4.90 Å². The van der Waals surface area contributed by atoms with Crippen molar-refractivity contribution in [3.63, 3.8) is 0 Å². The SMILES string of the molecule is CCCCCCC(=O)N1CCN(c2nc([C@@H](C)CC)nc3sc4c(c23)CC[C@@H](C)C4)CC1. The van der Waals surface area contributed by atoms with Gasteiger partial charge in [0.1, 0.15) is 16.5 Å². The molecule has 0 unspecified atom stereocenters. The van der Waals surface area contributed by atoms with Gasteiger partial charge in [0.25, 0.3) is 0 Å². The highest BCUT2D eigenvalue weighted by Crippen LogP contribution is 2.41. The van der Waals surface area contributed by atoms with Gasteiger partial charge in [0.2, 0.25) is 5.91 Å². The molecule has 0 saturated carbocycles. The van der Waals surface area contributed by atoms with E-state index in [1.54, 1.807) is 0 Å². The molecule has 2 atom stereocenters. The van der Waals surface area contributed by atoms with Crippen molar-refractivity contribution in [2.75, 3.05) is 31.1 Å². The maximum atomic E-state index is 12.7. The topological polar surface area (TPSA) is 49.3 Å². The third-order valence-corrected chi connectivity index (χ3v) is 8.53. The first-order valence-electron chi connectivity index (χ1n) is 12.9. The van der Waals surface area contributed by atoms with Gasteiger partial charge >= 0.3 is 0 Å². The van der Waals surface area contributed by atoms with Crippen LogP contribution in [0.2, 0.25) is 0 Å². The van der Waals surface area contributed by atoms with Crippen LogP contribution in [0.3, 0.4) is 0 Å². The molecule has 0 N–H and O–H groups in total. The number of aromatic nitrogens is 2. The number of nitrogens with zero attached hydrogens (tertiary/aromatic N) is 4. The first kappa shape index (κ1) is 23.5. The molecule has 1 amide bonds. The second-order valence-corrected chi connectivity index (χ2v) is 11.0. The second-order valence-electron chi connectivity index (χ2n) is 9.93. The Bertz CT molecular complexity index is 932. The van der Waals surface area contributed by atoms with Crippen LogP contribution in [0.15, 0.2) is 0 Å². The number of amides is 1. The zero-order valence-corrected chi connectivity index (χ0v) is 21.3. The van der Waals surface area contributed by atoms with Crippen molar-refractivity contribution in [1.29, 1.82) is 0 Å². The van der Waals surface area contributed by atoms with E-state index in [1.807, 2.05) is 11.3 Å². The van der Waals surface area contributed by atoms with Crippen molar-refractivity contribution in [3.05, 3.63) is 16.3 Å². The first-order valence-corrected chi connectivity index (χ1v) is 13.7. The van der Waals surface area contributed by atoms with E-state index in [4.69, 9.17) is 9.97 Å². The number of hydrogen-bond acceptors (Lipinski definition) is 5. The van der Waals surface area contributed by atoms with Crippen molar-refractivity contribution in [2.24, 2.45) is 5.92 Å². The quantitative estimate of drug-likeness (QED) is 0.461. The minimum absolute atomic E-state index is 0.329. The van der Waals surface area contributed by atoms with Crippen LogP contribution in [0.25, 0.3) is 10.2 Å². The lowest BCUT2D eigenvalue weighted by molar-refractivity contribution is -0.131. The van der Waals surface area contributed by atoms with E-state index in [0.29, 0.717) is 18.2 Å². The minimum Gasteiger partial charge on any atom is -0.352 e. The molecular formula is C26H40N4OS. The van der Waals surface area contributed by atoms with Gasteiger partial charge in [-0.05, 0) is 43.6 Å². The predicted molar refractivity (Wildman–Crippen MR) is 135 cm³/mol. The molecule has 1 fully saturated rings. The highest BCUT2D eigenvalue weighted by atomic mass is 32.1. The van der Waals surface area contributed by atoms with Gasteiger partial charge in [0.15, 0.2) is 0 Å². The van der Waals surface area contributed by atoms with Gasteiger partial charge in [-0.2, -0.15) is 0 Å². The molecule has 3 heterocycles. The number of aryl methyl sites for hydroxylation is 1. The summed E-state index contributed by atoms with van der Waals surface area (Å²) in [6.45, 7) is 12.4. The van der Waals surface area contributed by atoms with Crippen LogP contribution in [0.4, 0.5) is 5.82 Å². The molecule has 6 heteroatoms. The van der Waals surface area contributed by atoms with Gasteiger partial charge in [0.05, 0.1) is 5.39 Å². The Morgan fingerprint density at radius 3 is 2.62 bits per heavy atom. The summed E-state index contributed by atoms with van der Waals surface area (Å²) in [7, 11) is 0. The zero-order chi connectivity index (χ0) is 22.7. The average molecular weight is 457 g/mol. The molecule has 5 nitrogen and oxygen atoms in total. The van der Waals surface area contributed by atoms with Crippen molar-refractivity contribution >= 4 is 33.3 Å². The van der Waals surface area contributed by atoms with Crippen molar-refractivity contribution in [3.8, 4) is 0 Å². The maximum absolute atomic E-state index is 12.7. The molecule has 2 aromatic rings. The van der Waals surface area contributed by atoms with Gasteiger partial charge in [-0.15, -0.1) is 11.3 Å². The van der Waals surface area contributed by atoms with Gasteiger partial charge in [-0.25, -0.2) is 9.97 Å². The molecule has 4 rings (SSSR count). The standard InChI is InChI=1S/C26H40N4OS/c1-5-7-8-9-10-22(31)29-13-15-30(16-14-29)25-23-20-12-11-18(3)17-21(20)32-26(23)28-24(27-25)19(4)6-2/h18-19H,5-17H2,1-4H3/t18-,19+/m1/s1. The van der Waals surface area contributed by atoms with E-state index in [9.17, 15) is 4.79 Å². The fourth-order valence-electron chi connectivity index (χ4n) is 5.00. The Morgan fingerprint density at radius 1 is 1.12 bits per heavy atom. The number of thiophene rings is 1. The third-order valence-electron chi connectivity index (χ3n) is 7.38. The van der Waals surface area contributed by atoms with Gasteiger partial charge in [-0.3, -0.25) is 4.79 Å². The molecule has 32 heavy (non-hydrogen) atoms. The highest BCUT2D eigenvalue weighted by molar-refractivity contribution is 7.19. The Hall–Kier alpha value is -1.69.